The van der Waals surface area contributed by atoms with E-state index in [1.165, 1.54) is 6.08 Å². The molecule has 0 spiro atoms. The Kier molecular flexibility index (Phi) is 8.01. The van der Waals surface area contributed by atoms with E-state index in [0.717, 1.165) is 22.4 Å². The molecular weight excluding hydrogens is 366 g/mol. The summed E-state index contributed by atoms with van der Waals surface area (Å²) in [4.78, 5) is 24.4. The number of anilines is 1. The lowest BCUT2D eigenvalue weighted by atomic mass is 9.92. The molecule has 29 heavy (non-hydrogen) atoms. The Morgan fingerprint density at radius 1 is 1.00 bits per heavy atom. The van der Waals surface area contributed by atoms with Crippen molar-refractivity contribution in [1.29, 1.82) is 0 Å². The zero-order valence-corrected chi connectivity index (χ0v) is 17.7. The summed E-state index contributed by atoms with van der Waals surface area (Å²) in [6, 6.07) is 13.3. The zero-order valence-electron chi connectivity index (χ0n) is 17.7. The highest BCUT2D eigenvalue weighted by Crippen LogP contribution is 2.32. The Hall–Kier alpha value is -3.08. The molecule has 0 fully saturated rings. The van der Waals surface area contributed by atoms with E-state index >= 15 is 0 Å². The van der Waals surface area contributed by atoms with Gasteiger partial charge in [0.05, 0.1) is 7.11 Å². The third-order valence-electron chi connectivity index (χ3n) is 4.49. The smallest absolute Gasteiger partial charge is 0.331 e. The largest absolute Gasteiger partial charge is 0.497 e. The first kappa shape index (κ1) is 22.2. The van der Waals surface area contributed by atoms with Crippen LogP contribution in [0.2, 0.25) is 0 Å². The lowest BCUT2D eigenvalue weighted by molar-refractivity contribution is -0.142. The fraction of sp³-hybridized carbons (Fsp3) is 0.333. The number of benzene rings is 2. The van der Waals surface area contributed by atoms with Crippen molar-refractivity contribution >= 4 is 23.6 Å². The van der Waals surface area contributed by atoms with E-state index in [1.807, 2.05) is 36.4 Å². The standard InChI is InChI=1S/C24H29NO4/c1-16(2)20-10-7-11-21(17(3)4)24(20)25-22(26)15-29-23(27)13-12-18-8-6-9-19(14-18)28-5/h6-14,16-17H,15H2,1-5H3,(H,25,26)/b13-12+. The first-order valence-corrected chi connectivity index (χ1v) is 9.73. The predicted octanol–water partition coefficient (Wildman–Crippen LogP) is 5.14. The van der Waals surface area contributed by atoms with Crippen molar-refractivity contribution < 1.29 is 19.1 Å². The van der Waals surface area contributed by atoms with Crippen LogP contribution < -0.4 is 10.1 Å². The monoisotopic (exact) mass is 395 g/mol. The molecule has 0 unspecified atom stereocenters. The van der Waals surface area contributed by atoms with Crippen LogP contribution in [0.1, 0.15) is 56.2 Å². The van der Waals surface area contributed by atoms with Gasteiger partial charge in [-0.25, -0.2) is 4.79 Å². The van der Waals surface area contributed by atoms with Gasteiger partial charge in [0.25, 0.3) is 5.91 Å². The summed E-state index contributed by atoms with van der Waals surface area (Å²) in [7, 11) is 1.58. The molecule has 5 nitrogen and oxygen atoms in total. The molecule has 2 aromatic rings. The first-order chi connectivity index (χ1) is 13.8. The quantitative estimate of drug-likeness (QED) is 0.497. The van der Waals surface area contributed by atoms with Crippen molar-refractivity contribution in [3.63, 3.8) is 0 Å². The Morgan fingerprint density at radius 3 is 2.21 bits per heavy atom. The molecule has 0 saturated carbocycles. The van der Waals surface area contributed by atoms with Crippen LogP contribution in [0.3, 0.4) is 0 Å². The summed E-state index contributed by atoms with van der Waals surface area (Å²) in [5, 5.41) is 2.93. The summed E-state index contributed by atoms with van der Waals surface area (Å²) < 4.78 is 10.2. The maximum atomic E-state index is 12.4. The Bertz CT molecular complexity index is 858. The minimum absolute atomic E-state index is 0.261. The topological polar surface area (TPSA) is 64.6 Å². The number of hydrogen-bond acceptors (Lipinski definition) is 4. The van der Waals surface area contributed by atoms with Crippen LogP contribution in [0, 0.1) is 0 Å². The van der Waals surface area contributed by atoms with Crippen molar-refractivity contribution in [1.82, 2.24) is 0 Å². The molecule has 0 bridgehead atoms. The number of hydrogen-bond donors (Lipinski definition) is 1. The number of rotatable bonds is 8. The molecule has 0 aliphatic heterocycles. The molecule has 5 heteroatoms. The second-order valence-corrected chi connectivity index (χ2v) is 7.39. The van der Waals surface area contributed by atoms with Crippen LogP contribution in [0.25, 0.3) is 6.08 Å². The van der Waals surface area contributed by atoms with Gasteiger partial charge in [-0.3, -0.25) is 4.79 Å². The molecule has 2 aromatic carbocycles. The van der Waals surface area contributed by atoms with Gasteiger partial charge in [-0.2, -0.15) is 0 Å². The van der Waals surface area contributed by atoms with Gasteiger partial charge < -0.3 is 14.8 Å². The Labute approximate surface area is 172 Å². The van der Waals surface area contributed by atoms with Crippen molar-refractivity contribution in [3.8, 4) is 5.75 Å². The van der Waals surface area contributed by atoms with E-state index in [-0.39, 0.29) is 24.3 Å². The van der Waals surface area contributed by atoms with Crippen LogP contribution in [0.15, 0.2) is 48.5 Å². The minimum Gasteiger partial charge on any atom is -0.497 e. The number of methoxy groups -OCH3 is 1. The summed E-state index contributed by atoms with van der Waals surface area (Å²) in [6.07, 6.45) is 2.91. The molecular formula is C24H29NO4. The normalized spacial score (nSPS) is 11.1. The molecule has 0 heterocycles. The Balaban J connectivity index is 1.99. The number of carbonyl (C=O) groups is 2. The lowest BCUT2D eigenvalue weighted by Gasteiger charge is -2.20. The molecule has 0 aliphatic carbocycles. The van der Waals surface area contributed by atoms with Gasteiger partial charge in [0.1, 0.15) is 5.75 Å². The average molecular weight is 395 g/mol. The van der Waals surface area contributed by atoms with Crippen molar-refractivity contribution in [2.75, 3.05) is 19.0 Å². The van der Waals surface area contributed by atoms with E-state index in [1.54, 1.807) is 19.3 Å². The molecule has 1 amide bonds. The molecule has 1 N–H and O–H groups in total. The van der Waals surface area contributed by atoms with E-state index in [2.05, 4.69) is 33.0 Å². The molecule has 0 saturated heterocycles. The Morgan fingerprint density at radius 2 is 1.62 bits per heavy atom. The van der Waals surface area contributed by atoms with E-state index in [4.69, 9.17) is 9.47 Å². The molecule has 0 aliphatic rings. The average Bonchev–Trinajstić information content (AvgIpc) is 2.70. The SMILES string of the molecule is COc1cccc(/C=C/C(=O)OCC(=O)Nc2c(C(C)C)cccc2C(C)C)c1. The summed E-state index contributed by atoms with van der Waals surface area (Å²) in [6.45, 7) is 7.99. The van der Waals surface area contributed by atoms with Crippen molar-refractivity contribution in [2.45, 2.75) is 39.5 Å². The minimum atomic E-state index is -0.579. The fourth-order valence-electron chi connectivity index (χ4n) is 2.97. The third-order valence-corrected chi connectivity index (χ3v) is 4.49. The molecule has 0 atom stereocenters. The van der Waals surface area contributed by atoms with E-state index in [0.29, 0.717) is 5.75 Å². The number of nitrogens with one attached hydrogen (secondary N) is 1. The van der Waals surface area contributed by atoms with Crippen LogP contribution in [0.4, 0.5) is 5.69 Å². The van der Waals surface area contributed by atoms with Gasteiger partial charge in [0, 0.05) is 11.8 Å². The van der Waals surface area contributed by atoms with Crippen molar-refractivity contribution in [2.24, 2.45) is 0 Å². The highest BCUT2D eigenvalue weighted by atomic mass is 16.5. The molecule has 0 aromatic heterocycles. The van der Waals surface area contributed by atoms with Gasteiger partial charge >= 0.3 is 5.97 Å². The maximum absolute atomic E-state index is 12.4. The van der Waals surface area contributed by atoms with E-state index < -0.39 is 5.97 Å². The molecule has 0 radical (unpaired) electrons. The summed E-state index contributed by atoms with van der Waals surface area (Å²) >= 11 is 0. The van der Waals surface area contributed by atoms with E-state index in [9.17, 15) is 9.59 Å². The van der Waals surface area contributed by atoms with Crippen LogP contribution >= 0.6 is 0 Å². The van der Waals surface area contributed by atoms with Crippen LogP contribution in [-0.4, -0.2) is 25.6 Å². The summed E-state index contributed by atoms with van der Waals surface area (Å²) in [5.74, 6) is 0.284. The van der Waals surface area contributed by atoms with Gasteiger partial charge in [-0.15, -0.1) is 0 Å². The molecule has 154 valence electrons. The van der Waals surface area contributed by atoms with Gasteiger partial charge in [0.2, 0.25) is 0 Å². The third kappa shape index (κ3) is 6.49. The lowest BCUT2D eigenvalue weighted by Crippen LogP contribution is -2.22. The molecule has 2 rings (SSSR count). The highest BCUT2D eigenvalue weighted by Gasteiger charge is 2.16. The number of esters is 1. The summed E-state index contributed by atoms with van der Waals surface area (Å²) in [5.41, 5.74) is 3.74. The number of para-hydroxylation sites is 1. The highest BCUT2D eigenvalue weighted by molar-refractivity contribution is 5.96. The van der Waals surface area contributed by atoms with Crippen LogP contribution in [0.5, 0.6) is 5.75 Å². The van der Waals surface area contributed by atoms with Crippen LogP contribution in [-0.2, 0) is 14.3 Å². The second-order valence-electron chi connectivity index (χ2n) is 7.39. The fourth-order valence-corrected chi connectivity index (χ4v) is 2.97. The van der Waals surface area contributed by atoms with Gasteiger partial charge in [0.15, 0.2) is 6.61 Å². The maximum Gasteiger partial charge on any atom is 0.331 e. The second kappa shape index (κ2) is 10.5. The van der Waals surface area contributed by atoms with Crippen molar-refractivity contribution in [3.05, 3.63) is 65.2 Å². The number of amides is 1. The number of ether oxygens (including phenoxy) is 2. The first-order valence-electron chi connectivity index (χ1n) is 9.73. The predicted molar refractivity (Wildman–Crippen MR) is 116 cm³/mol. The van der Waals surface area contributed by atoms with Gasteiger partial charge in [-0.1, -0.05) is 58.0 Å². The zero-order chi connectivity index (χ0) is 21.4. The van der Waals surface area contributed by atoms with Gasteiger partial charge in [-0.05, 0) is 46.7 Å². The number of carbonyl (C=O) groups excluding carboxylic acids is 2.